The van der Waals surface area contributed by atoms with Gasteiger partial charge in [-0.25, -0.2) is 32.4 Å². The number of rotatable bonds is 5. The second-order valence-corrected chi connectivity index (χ2v) is 12.6. The molecule has 1 aromatic heterocycles. The third-order valence-electron chi connectivity index (χ3n) is 8.24. The van der Waals surface area contributed by atoms with E-state index in [0.29, 0.717) is 37.0 Å². The van der Waals surface area contributed by atoms with Gasteiger partial charge in [0.25, 0.3) is 0 Å². The van der Waals surface area contributed by atoms with Gasteiger partial charge in [-0.05, 0) is 74.6 Å². The van der Waals surface area contributed by atoms with Crippen molar-refractivity contribution in [2.45, 2.75) is 61.8 Å². The van der Waals surface area contributed by atoms with E-state index < -0.39 is 15.8 Å². The molecular weight excluding hydrogens is 471 g/mol. The highest BCUT2D eigenvalue weighted by atomic mass is 32.2. The first-order valence-electron chi connectivity index (χ1n) is 12.5. The van der Waals surface area contributed by atoms with E-state index in [4.69, 9.17) is 5.14 Å². The van der Waals surface area contributed by atoms with Crippen LogP contribution in [0.15, 0.2) is 29.4 Å². The number of likely N-dealkylation sites (tertiary alicyclic amines) is 2. The first kappa shape index (κ1) is 22.9. The Morgan fingerprint density at radius 2 is 1.83 bits per heavy atom. The van der Waals surface area contributed by atoms with Crippen LogP contribution >= 0.6 is 0 Å². The van der Waals surface area contributed by atoms with Crippen LogP contribution in [0, 0.1) is 17.2 Å². The van der Waals surface area contributed by atoms with Crippen LogP contribution in [0.5, 0.6) is 0 Å². The maximum absolute atomic E-state index is 14.2. The summed E-state index contributed by atoms with van der Waals surface area (Å²) in [5.41, 5.74) is 0.595. The van der Waals surface area contributed by atoms with Gasteiger partial charge in [0.15, 0.2) is 5.82 Å². The van der Waals surface area contributed by atoms with Crippen molar-refractivity contribution in [3.05, 3.63) is 41.7 Å². The van der Waals surface area contributed by atoms with Gasteiger partial charge in [0, 0.05) is 37.5 Å². The molecule has 2 amide bonds. The Morgan fingerprint density at radius 1 is 1.11 bits per heavy atom. The van der Waals surface area contributed by atoms with E-state index in [2.05, 4.69) is 10.1 Å². The summed E-state index contributed by atoms with van der Waals surface area (Å²) in [7, 11) is -3.87. The van der Waals surface area contributed by atoms with Gasteiger partial charge < -0.3 is 9.80 Å². The number of hydrogen-bond donors (Lipinski definition) is 1. The van der Waals surface area contributed by atoms with Crippen molar-refractivity contribution in [3.63, 3.8) is 0 Å². The minimum atomic E-state index is -3.87. The average molecular weight is 503 g/mol. The molecule has 6 rings (SSSR count). The van der Waals surface area contributed by atoms with Gasteiger partial charge in [-0.15, -0.1) is 0 Å². The second kappa shape index (κ2) is 8.26. The Balaban J connectivity index is 0.970. The van der Waals surface area contributed by atoms with E-state index in [1.54, 1.807) is 0 Å². The Hall–Kier alpha value is -2.53. The summed E-state index contributed by atoms with van der Waals surface area (Å²) in [4.78, 5) is 21.2. The molecule has 35 heavy (non-hydrogen) atoms. The van der Waals surface area contributed by atoms with Crippen LogP contribution in [0.2, 0.25) is 0 Å². The highest BCUT2D eigenvalue weighted by Crippen LogP contribution is 2.54. The molecule has 11 heteroatoms. The van der Waals surface area contributed by atoms with Crippen molar-refractivity contribution in [2.75, 3.05) is 26.2 Å². The lowest BCUT2D eigenvalue weighted by atomic mass is 9.61. The molecule has 0 unspecified atom stereocenters. The maximum Gasteiger partial charge on any atom is 0.320 e. The van der Waals surface area contributed by atoms with Gasteiger partial charge in [-0.2, -0.15) is 5.10 Å². The minimum Gasteiger partial charge on any atom is -0.325 e. The maximum atomic E-state index is 14.2. The summed E-state index contributed by atoms with van der Waals surface area (Å²) in [6, 6.07) is 4.18. The van der Waals surface area contributed by atoms with Gasteiger partial charge in [-0.3, -0.25) is 0 Å². The van der Waals surface area contributed by atoms with Crippen LogP contribution in [-0.2, 0) is 16.4 Å². The molecule has 2 saturated carbocycles. The highest BCUT2D eigenvalue weighted by Gasteiger charge is 2.55. The number of nitrogens with two attached hydrogens (primary N) is 1. The number of halogens is 1. The number of piperidine rings is 1. The summed E-state index contributed by atoms with van der Waals surface area (Å²) in [5.74, 6) is 1.33. The Bertz CT molecular complexity index is 1240. The van der Waals surface area contributed by atoms with Gasteiger partial charge in [0.1, 0.15) is 12.1 Å². The van der Waals surface area contributed by atoms with Crippen LogP contribution < -0.4 is 5.14 Å². The first-order chi connectivity index (χ1) is 16.7. The summed E-state index contributed by atoms with van der Waals surface area (Å²) >= 11 is 0. The van der Waals surface area contributed by atoms with E-state index in [-0.39, 0.29) is 22.3 Å². The highest BCUT2D eigenvalue weighted by molar-refractivity contribution is 7.89. The molecule has 9 nitrogen and oxygen atoms in total. The van der Waals surface area contributed by atoms with Crippen molar-refractivity contribution in [3.8, 4) is 0 Å². The van der Waals surface area contributed by atoms with Crippen molar-refractivity contribution < 1.29 is 17.6 Å². The zero-order valence-corrected chi connectivity index (χ0v) is 20.5. The van der Waals surface area contributed by atoms with Crippen LogP contribution in [0.25, 0.3) is 0 Å². The van der Waals surface area contributed by atoms with E-state index in [1.807, 2.05) is 20.8 Å². The third-order valence-corrected chi connectivity index (χ3v) is 9.15. The average Bonchev–Trinajstić information content (AvgIpc) is 3.50. The Morgan fingerprint density at radius 3 is 2.49 bits per heavy atom. The molecule has 0 radical (unpaired) electrons. The molecule has 1 aromatic carbocycles. The third kappa shape index (κ3) is 4.44. The van der Waals surface area contributed by atoms with E-state index in [9.17, 15) is 17.6 Å². The van der Waals surface area contributed by atoms with Crippen molar-refractivity contribution in [2.24, 2.45) is 16.5 Å². The van der Waals surface area contributed by atoms with Gasteiger partial charge in [0.2, 0.25) is 10.0 Å². The zero-order valence-electron chi connectivity index (χ0n) is 19.6. The van der Waals surface area contributed by atoms with E-state index in [0.717, 1.165) is 50.7 Å². The molecule has 2 aliphatic heterocycles. The summed E-state index contributed by atoms with van der Waals surface area (Å²) in [6.45, 7) is 2.88. The molecule has 4 fully saturated rings. The van der Waals surface area contributed by atoms with Crippen molar-refractivity contribution >= 4 is 16.1 Å². The molecule has 2 saturated heterocycles. The van der Waals surface area contributed by atoms with Gasteiger partial charge >= 0.3 is 6.03 Å². The number of sulfonamides is 1. The summed E-state index contributed by atoms with van der Waals surface area (Å²) < 4.78 is 39.5. The quantitative estimate of drug-likeness (QED) is 0.675. The zero-order chi connectivity index (χ0) is 24.4. The standard InChI is InChI=1S/C24H31FN6O3S/c25-21-4-3-20(35(26,33)34)10-18(21)9-16-5-7-29(8-6-16)23(32)30-13-24(14-30)11-19(12-24)31-15-27-22(28-31)17-1-2-17/h3-4,10,15-17,19H,1-2,5-9,11-14H2,(H2,26,33,34). The number of carbonyl (C=O) groups excluding carboxylic acids is 1. The minimum absolute atomic E-state index is 0.0707. The molecule has 188 valence electrons. The summed E-state index contributed by atoms with van der Waals surface area (Å²) in [5, 5.41) is 9.85. The number of amides is 2. The molecular formula is C24H31FN6O3S. The van der Waals surface area contributed by atoms with Crippen LogP contribution in [0.1, 0.15) is 61.9 Å². The van der Waals surface area contributed by atoms with Crippen LogP contribution in [0.4, 0.5) is 9.18 Å². The van der Waals surface area contributed by atoms with E-state index in [1.165, 1.54) is 25.0 Å². The number of urea groups is 1. The smallest absolute Gasteiger partial charge is 0.320 e. The number of benzene rings is 1. The lowest BCUT2D eigenvalue weighted by Gasteiger charge is -2.59. The van der Waals surface area contributed by atoms with Gasteiger partial charge in [0.05, 0.1) is 10.9 Å². The predicted octanol–water partition coefficient (Wildman–Crippen LogP) is 2.65. The van der Waals surface area contributed by atoms with Crippen LogP contribution in [-0.4, -0.2) is 65.2 Å². The molecule has 2 aromatic rings. The monoisotopic (exact) mass is 502 g/mol. The molecule has 1 spiro atoms. The number of primary sulfonamides is 1. The van der Waals surface area contributed by atoms with Crippen molar-refractivity contribution in [1.29, 1.82) is 0 Å². The van der Waals surface area contributed by atoms with Gasteiger partial charge in [-0.1, -0.05) is 0 Å². The molecule has 3 heterocycles. The molecule has 2 aliphatic carbocycles. The SMILES string of the molecule is NS(=O)(=O)c1ccc(F)c(CC2CCN(C(=O)N3CC4(CC(n5cnc(C6CC6)n5)C4)C3)CC2)c1. The van der Waals surface area contributed by atoms with Crippen LogP contribution in [0.3, 0.4) is 0 Å². The number of aromatic nitrogens is 3. The van der Waals surface area contributed by atoms with E-state index >= 15 is 0 Å². The molecule has 2 N–H and O–H groups in total. The topological polar surface area (TPSA) is 114 Å². The fraction of sp³-hybridized carbons (Fsp3) is 0.625. The fourth-order valence-corrected chi connectivity index (χ4v) is 6.56. The normalized spacial score (nSPS) is 22.8. The predicted molar refractivity (Wildman–Crippen MR) is 125 cm³/mol. The largest absolute Gasteiger partial charge is 0.325 e. The Kier molecular flexibility index (Phi) is 5.41. The summed E-state index contributed by atoms with van der Waals surface area (Å²) in [6.07, 6.45) is 8.35. The first-order valence-corrected chi connectivity index (χ1v) is 14.0. The molecule has 0 atom stereocenters. The number of nitrogens with zero attached hydrogens (tertiary/aromatic N) is 5. The Labute approximate surface area is 204 Å². The fourth-order valence-electron chi connectivity index (χ4n) is 6.00. The second-order valence-electron chi connectivity index (χ2n) is 11.0. The lowest BCUT2D eigenvalue weighted by Crippen LogP contribution is -2.66. The number of hydrogen-bond acceptors (Lipinski definition) is 5. The lowest BCUT2D eigenvalue weighted by molar-refractivity contribution is -0.0750. The van der Waals surface area contributed by atoms with Crippen molar-refractivity contribution in [1.82, 2.24) is 24.6 Å². The molecule has 4 aliphatic rings. The number of carbonyl (C=O) groups is 1. The molecule has 0 bridgehead atoms.